The lowest BCUT2D eigenvalue weighted by atomic mass is 9.86. The van der Waals surface area contributed by atoms with Crippen LogP contribution >= 0.6 is 0 Å². The van der Waals surface area contributed by atoms with Crippen LogP contribution in [0.1, 0.15) is 25.7 Å². The Balaban J connectivity index is 1.56. The summed E-state index contributed by atoms with van der Waals surface area (Å²) in [5, 5.41) is 0. The third kappa shape index (κ3) is 4.18. The van der Waals surface area contributed by atoms with Gasteiger partial charge in [-0.3, -0.25) is 14.5 Å². The second-order valence-corrected chi connectivity index (χ2v) is 7.44. The molecular weight excluding hydrogens is 330 g/mol. The third-order valence-electron chi connectivity index (χ3n) is 5.82. The molecule has 2 aliphatic heterocycles. The smallest absolute Gasteiger partial charge is 0.226 e. The lowest BCUT2D eigenvalue weighted by Gasteiger charge is -2.49. The fourth-order valence-electron chi connectivity index (χ4n) is 3.90. The second-order valence-electron chi connectivity index (χ2n) is 7.44. The molecule has 1 aromatic rings. The summed E-state index contributed by atoms with van der Waals surface area (Å²) in [6, 6.07) is 9.58. The number of piperazine rings is 1. The number of carbonyl (C=O) groups is 2. The molecule has 1 aromatic carbocycles. The van der Waals surface area contributed by atoms with Crippen molar-refractivity contribution >= 4 is 11.8 Å². The zero-order valence-electron chi connectivity index (χ0n) is 15.8. The Labute approximate surface area is 155 Å². The molecule has 1 atom stereocenters. The molecule has 142 valence electrons. The average Bonchev–Trinajstić information content (AvgIpc) is 2.79. The van der Waals surface area contributed by atoms with E-state index >= 15 is 0 Å². The van der Waals surface area contributed by atoms with Gasteiger partial charge >= 0.3 is 0 Å². The monoisotopic (exact) mass is 359 g/mol. The van der Waals surface area contributed by atoms with Crippen molar-refractivity contribution in [3.8, 4) is 5.75 Å². The van der Waals surface area contributed by atoms with Crippen molar-refractivity contribution in [3.63, 3.8) is 0 Å². The molecule has 0 saturated carbocycles. The van der Waals surface area contributed by atoms with Crippen LogP contribution in [0.5, 0.6) is 5.75 Å². The molecule has 2 heterocycles. The van der Waals surface area contributed by atoms with Crippen molar-refractivity contribution in [2.45, 2.75) is 31.2 Å². The SMILES string of the molecule is CN1CC[C@@]2(CCC1=O)CN(C(=O)CCOc1ccccc1)CCN2C. The number of hydrogen-bond acceptors (Lipinski definition) is 4. The molecule has 0 N–H and O–H groups in total. The highest BCUT2D eigenvalue weighted by Gasteiger charge is 2.42. The first kappa shape index (κ1) is 18.7. The van der Waals surface area contributed by atoms with E-state index in [1.807, 2.05) is 47.2 Å². The largest absolute Gasteiger partial charge is 0.493 e. The van der Waals surface area contributed by atoms with Crippen LogP contribution in [0.3, 0.4) is 0 Å². The van der Waals surface area contributed by atoms with Crippen LogP contribution < -0.4 is 4.74 Å². The van der Waals surface area contributed by atoms with Crippen molar-refractivity contribution in [2.75, 3.05) is 46.9 Å². The number of amides is 2. The summed E-state index contributed by atoms with van der Waals surface area (Å²) in [4.78, 5) is 30.9. The van der Waals surface area contributed by atoms with Gasteiger partial charge in [-0.15, -0.1) is 0 Å². The summed E-state index contributed by atoms with van der Waals surface area (Å²) >= 11 is 0. The minimum atomic E-state index is -0.0887. The van der Waals surface area contributed by atoms with Gasteiger partial charge in [0, 0.05) is 45.2 Å². The Morgan fingerprint density at radius 3 is 2.65 bits per heavy atom. The first-order valence-electron chi connectivity index (χ1n) is 9.41. The Hall–Kier alpha value is -2.08. The second kappa shape index (κ2) is 8.08. The Kier molecular flexibility index (Phi) is 5.81. The van der Waals surface area contributed by atoms with Gasteiger partial charge in [0.25, 0.3) is 0 Å². The molecule has 0 bridgehead atoms. The topological polar surface area (TPSA) is 53.1 Å². The minimum Gasteiger partial charge on any atom is -0.493 e. The lowest BCUT2D eigenvalue weighted by molar-refractivity contribution is -0.137. The van der Waals surface area contributed by atoms with E-state index < -0.39 is 0 Å². The number of likely N-dealkylation sites (N-methyl/N-ethyl adjacent to an activating group) is 1. The number of ether oxygens (including phenoxy) is 1. The van der Waals surface area contributed by atoms with E-state index in [1.54, 1.807) is 0 Å². The van der Waals surface area contributed by atoms with E-state index in [-0.39, 0.29) is 17.4 Å². The van der Waals surface area contributed by atoms with E-state index in [2.05, 4.69) is 11.9 Å². The van der Waals surface area contributed by atoms with Gasteiger partial charge in [0.2, 0.25) is 11.8 Å². The predicted molar refractivity (Wildman–Crippen MR) is 100.0 cm³/mol. The van der Waals surface area contributed by atoms with E-state index in [0.29, 0.717) is 26.0 Å². The van der Waals surface area contributed by atoms with Gasteiger partial charge < -0.3 is 14.5 Å². The number of carbonyl (C=O) groups excluding carboxylic acids is 2. The summed E-state index contributed by atoms with van der Waals surface area (Å²) in [6.07, 6.45) is 2.67. The number of hydrogen-bond donors (Lipinski definition) is 0. The fraction of sp³-hybridized carbons (Fsp3) is 0.600. The van der Waals surface area contributed by atoms with Crippen LogP contribution in [0.15, 0.2) is 30.3 Å². The van der Waals surface area contributed by atoms with Crippen LogP contribution in [0, 0.1) is 0 Å². The molecule has 6 heteroatoms. The van der Waals surface area contributed by atoms with Crippen LogP contribution in [0.2, 0.25) is 0 Å². The van der Waals surface area contributed by atoms with Crippen molar-refractivity contribution in [2.24, 2.45) is 0 Å². The average molecular weight is 359 g/mol. The van der Waals surface area contributed by atoms with E-state index in [1.165, 1.54) is 0 Å². The highest BCUT2D eigenvalue weighted by Crippen LogP contribution is 2.32. The molecular formula is C20H29N3O3. The number of para-hydroxylation sites is 1. The molecule has 0 aliphatic carbocycles. The highest BCUT2D eigenvalue weighted by molar-refractivity contribution is 5.77. The van der Waals surface area contributed by atoms with E-state index in [4.69, 9.17) is 4.74 Å². The molecule has 6 nitrogen and oxygen atoms in total. The van der Waals surface area contributed by atoms with Crippen molar-refractivity contribution in [3.05, 3.63) is 30.3 Å². The van der Waals surface area contributed by atoms with Crippen molar-refractivity contribution in [1.29, 1.82) is 0 Å². The first-order chi connectivity index (χ1) is 12.5. The molecule has 2 amide bonds. The number of likely N-dealkylation sites (tertiary alicyclic amines) is 1. The maximum atomic E-state index is 12.7. The molecule has 26 heavy (non-hydrogen) atoms. The third-order valence-corrected chi connectivity index (χ3v) is 5.82. The van der Waals surface area contributed by atoms with Gasteiger partial charge in [-0.2, -0.15) is 0 Å². The quantitative estimate of drug-likeness (QED) is 0.820. The number of nitrogens with zero attached hydrogens (tertiary/aromatic N) is 3. The molecule has 2 aliphatic rings. The maximum absolute atomic E-state index is 12.7. The van der Waals surface area contributed by atoms with Gasteiger partial charge in [0.1, 0.15) is 5.75 Å². The molecule has 0 unspecified atom stereocenters. The Morgan fingerprint density at radius 1 is 1.12 bits per heavy atom. The van der Waals surface area contributed by atoms with Gasteiger partial charge in [-0.1, -0.05) is 18.2 Å². The molecule has 1 spiro atoms. The maximum Gasteiger partial charge on any atom is 0.226 e. The zero-order chi connectivity index (χ0) is 18.6. The summed E-state index contributed by atoms with van der Waals surface area (Å²) in [7, 11) is 3.99. The Bertz CT molecular complexity index is 636. The first-order valence-corrected chi connectivity index (χ1v) is 9.41. The normalized spacial score (nSPS) is 24.6. The number of benzene rings is 1. The molecule has 0 radical (unpaired) electrons. The van der Waals surface area contributed by atoms with Crippen molar-refractivity contribution < 1.29 is 14.3 Å². The van der Waals surface area contributed by atoms with Crippen LogP contribution in [0.4, 0.5) is 0 Å². The molecule has 0 aromatic heterocycles. The Morgan fingerprint density at radius 2 is 1.88 bits per heavy atom. The molecule has 2 fully saturated rings. The minimum absolute atomic E-state index is 0.0887. The van der Waals surface area contributed by atoms with Crippen molar-refractivity contribution in [1.82, 2.24) is 14.7 Å². The highest BCUT2D eigenvalue weighted by atomic mass is 16.5. The zero-order valence-corrected chi connectivity index (χ0v) is 15.8. The fourth-order valence-corrected chi connectivity index (χ4v) is 3.90. The van der Waals surface area contributed by atoms with Crippen LogP contribution in [-0.2, 0) is 9.59 Å². The van der Waals surface area contributed by atoms with Gasteiger partial charge in [-0.25, -0.2) is 0 Å². The molecule has 2 saturated heterocycles. The molecule has 3 rings (SSSR count). The summed E-state index contributed by atoms with van der Waals surface area (Å²) < 4.78 is 5.66. The summed E-state index contributed by atoms with van der Waals surface area (Å²) in [5.41, 5.74) is -0.0887. The standard InChI is InChI=1S/C20H29N3O3/c1-21-12-11-20(10-8-18(21)24)16-23(14-13-22(20)2)19(25)9-15-26-17-6-4-3-5-7-17/h3-7H,8-16H2,1-2H3/t20-/m0/s1. The lowest BCUT2D eigenvalue weighted by Crippen LogP contribution is -2.62. The number of rotatable bonds is 4. The van der Waals surface area contributed by atoms with E-state index in [9.17, 15) is 9.59 Å². The van der Waals surface area contributed by atoms with E-state index in [0.717, 1.165) is 38.2 Å². The van der Waals surface area contributed by atoms with Gasteiger partial charge in [0.15, 0.2) is 0 Å². The van der Waals surface area contributed by atoms with Gasteiger partial charge in [-0.05, 0) is 32.0 Å². The van der Waals surface area contributed by atoms with Crippen LogP contribution in [0.25, 0.3) is 0 Å². The predicted octanol–water partition coefficient (Wildman–Crippen LogP) is 1.61. The van der Waals surface area contributed by atoms with Gasteiger partial charge in [0.05, 0.1) is 13.0 Å². The summed E-state index contributed by atoms with van der Waals surface area (Å²) in [5.74, 6) is 1.13. The van der Waals surface area contributed by atoms with Crippen LogP contribution in [-0.4, -0.2) is 78.9 Å². The summed E-state index contributed by atoms with van der Waals surface area (Å²) in [6.45, 7) is 3.44.